The highest BCUT2D eigenvalue weighted by molar-refractivity contribution is 4.79. The largest absolute Gasteiger partial charge is 0.390 e. The summed E-state index contributed by atoms with van der Waals surface area (Å²) in [5.41, 5.74) is 7.64. The standard InChI is InChI=1S/C10H20N4O/c1-10(15)4-2-7-14(9-5-10)8-3-6-12-13-11/h15H,2-9H2,1H3. The van der Waals surface area contributed by atoms with Crippen molar-refractivity contribution in [2.75, 3.05) is 26.2 Å². The van der Waals surface area contributed by atoms with Gasteiger partial charge in [-0.15, -0.1) is 0 Å². The molecular formula is C10H20N4O. The summed E-state index contributed by atoms with van der Waals surface area (Å²) in [6, 6.07) is 0. The highest BCUT2D eigenvalue weighted by atomic mass is 16.3. The molecule has 86 valence electrons. The van der Waals surface area contributed by atoms with E-state index in [0.717, 1.165) is 45.3 Å². The van der Waals surface area contributed by atoms with E-state index in [-0.39, 0.29) is 0 Å². The van der Waals surface area contributed by atoms with Gasteiger partial charge in [0, 0.05) is 18.0 Å². The first-order chi connectivity index (χ1) is 7.14. The minimum atomic E-state index is -0.487. The third kappa shape index (κ3) is 5.02. The normalized spacial score (nSPS) is 28.1. The number of aliphatic hydroxyl groups is 1. The number of hydrogen-bond donors (Lipinski definition) is 1. The highest BCUT2D eigenvalue weighted by Gasteiger charge is 2.24. The van der Waals surface area contributed by atoms with Crippen molar-refractivity contribution in [2.45, 2.75) is 38.2 Å². The van der Waals surface area contributed by atoms with Crippen LogP contribution in [-0.4, -0.2) is 41.8 Å². The van der Waals surface area contributed by atoms with Crippen LogP contribution in [-0.2, 0) is 0 Å². The van der Waals surface area contributed by atoms with Gasteiger partial charge < -0.3 is 10.0 Å². The van der Waals surface area contributed by atoms with Gasteiger partial charge in [-0.05, 0) is 51.2 Å². The Morgan fingerprint density at radius 2 is 2.27 bits per heavy atom. The fourth-order valence-corrected chi connectivity index (χ4v) is 1.95. The quantitative estimate of drug-likeness (QED) is 0.334. The highest BCUT2D eigenvalue weighted by Crippen LogP contribution is 2.21. The Kier molecular flexibility index (Phi) is 4.88. The van der Waals surface area contributed by atoms with Gasteiger partial charge in [-0.2, -0.15) is 0 Å². The predicted molar refractivity (Wildman–Crippen MR) is 59.5 cm³/mol. The van der Waals surface area contributed by atoms with E-state index in [9.17, 15) is 5.11 Å². The molecule has 0 spiro atoms. The molecule has 0 amide bonds. The molecule has 0 aromatic carbocycles. The minimum absolute atomic E-state index is 0.487. The molecule has 1 fully saturated rings. The third-order valence-corrected chi connectivity index (χ3v) is 2.95. The molecule has 0 aromatic heterocycles. The van der Waals surface area contributed by atoms with Gasteiger partial charge >= 0.3 is 0 Å². The zero-order valence-corrected chi connectivity index (χ0v) is 9.39. The van der Waals surface area contributed by atoms with Crippen molar-refractivity contribution in [3.05, 3.63) is 10.4 Å². The van der Waals surface area contributed by atoms with E-state index in [1.54, 1.807) is 0 Å². The van der Waals surface area contributed by atoms with Crippen LogP contribution in [0.2, 0.25) is 0 Å². The Morgan fingerprint density at radius 1 is 1.47 bits per heavy atom. The molecule has 15 heavy (non-hydrogen) atoms. The molecule has 0 saturated carbocycles. The number of rotatable bonds is 4. The van der Waals surface area contributed by atoms with Crippen molar-refractivity contribution in [1.29, 1.82) is 0 Å². The number of azide groups is 1. The van der Waals surface area contributed by atoms with Crippen LogP contribution >= 0.6 is 0 Å². The fraction of sp³-hybridized carbons (Fsp3) is 1.00. The number of nitrogens with zero attached hydrogens (tertiary/aromatic N) is 4. The average molecular weight is 212 g/mol. The second-order valence-corrected chi connectivity index (χ2v) is 4.50. The maximum atomic E-state index is 9.89. The van der Waals surface area contributed by atoms with Gasteiger partial charge in [0.2, 0.25) is 0 Å². The smallest absolute Gasteiger partial charge is 0.0632 e. The van der Waals surface area contributed by atoms with Crippen LogP contribution in [0.1, 0.15) is 32.6 Å². The van der Waals surface area contributed by atoms with E-state index in [1.165, 1.54) is 0 Å². The van der Waals surface area contributed by atoms with Gasteiger partial charge in [0.25, 0.3) is 0 Å². The molecular weight excluding hydrogens is 192 g/mol. The van der Waals surface area contributed by atoms with Gasteiger partial charge in [-0.3, -0.25) is 0 Å². The van der Waals surface area contributed by atoms with Crippen LogP contribution < -0.4 is 0 Å². The molecule has 1 atom stereocenters. The Morgan fingerprint density at radius 3 is 3.00 bits per heavy atom. The molecule has 1 N–H and O–H groups in total. The van der Waals surface area contributed by atoms with E-state index >= 15 is 0 Å². The summed E-state index contributed by atoms with van der Waals surface area (Å²) >= 11 is 0. The molecule has 0 radical (unpaired) electrons. The molecule has 0 bridgehead atoms. The van der Waals surface area contributed by atoms with E-state index in [1.807, 2.05) is 6.92 Å². The average Bonchev–Trinajstić information content (AvgIpc) is 2.35. The van der Waals surface area contributed by atoms with Gasteiger partial charge in [-0.25, -0.2) is 0 Å². The molecule has 1 heterocycles. The molecule has 1 aliphatic heterocycles. The number of likely N-dealkylation sites (tertiary alicyclic amines) is 1. The van der Waals surface area contributed by atoms with Crippen LogP contribution in [0.25, 0.3) is 10.4 Å². The SMILES string of the molecule is CC1(O)CCCN(CCCN=[N+]=[N-])CC1. The van der Waals surface area contributed by atoms with Gasteiger partial charge in [-0.1, -0.05) is 5.11 Å². The Bertz CT molecular complexity index is 236. The van der Waals surface area contributed by atoms with E-state index in [4.69, 9.17) is 5.53 Å². The summed E-state index contributed by atoms with van der Waals surface area (Å²) in [6.45, 7) is 5.45. The Labute approximate surface area is 90.7 Å². The Balaban J connectivity index is 2.22. The lowest BCUT2D eigenvalue weighted by Crippen LogP contribution is -2.29. The van der Waals surface area contributed by atoms with Gasteiger partial charge in [0.1, 0.15) is 0 Å². The second kappa shape index (κ2) is 5.95. The van der Waals surface area contributed by atoms with E-state index < -0.39 is 5.60 Å². The van der Waals surface area contributed by atoms with Crippen molar-refractivity contribution in [2.24, 2.45) is 5.11 Å². The van der Waals surface area contributed by atoms with Crippen LogP contribution in [0.15, 0.2) is 5.11 Å². The van der Waals surface area contributed by atoms with Crippen LogP contribution in [0.5, 0.6) is 0 Å². The lowest BCUT2D eigenvalue weighted by molar-refractivity contribution is 0.0446. The lowest BCUT2D eigenvalue weighted by atomic mass is 9.98. The topological polar surface area (TPSA) is 72.2 Å². The summed E-state index contributed by atoms with van der Waals surface area (Å²) in [7, 11) is 0. The molecule has 1 unspecified atom stereocenters. The molecule has 1 aliphatic rings. The summed E-state index contributed by atoms with van der Waals surface area (Å²) in [6.07, 6.45) is 3.69. The molecule has 5 nitrogen and oxygen atoms in total. The first-order valence-electron chi connectivity index (χ1n) is 5.60. The fourth-order valence-electron chi connectivity index (χ4n) is 1.95. The first kappa shape index (κ1) is 12.3. The summed E-state index contributed by atoms with van der Waals surface area (Å²) in [5, 5.41) is 13.4. The summed E-state index contributed by atoms with van der Waals surface area (Å²) in [4.78, 5) is 5.07. The Hall–Kier alpha value is -0.770. The van der Waals surface area contributed by atoms with Crippen molar-refractivity contribution in [1.82, 2.24) is 4.90 Å². The monoisotopic (exact) mass is 212 g/mol. The van der Waals surface area contributed by atoms with Crippen LogP contribution in [0.3, 0.4) is 0 Å². The van der Waals surface area contributed by atoms with E-state index in [2.05, 4.69) is 14.9 Å². The third-order valence-electron chi connectivity index (χ3n) is 2.95. The van der Waals surface area contributed by atoms with Crippen molar-refractivity contribution in [3.8, 4) is 0 Å². The number of hydrogen-bond acceptors (Lipinski definition) is 3. The van der Waals surface area contributed by atoms with E-state index in [0.29, 0.717) is 6.54 Å². The van der Waals surface area contributed by atoms with Crippen molar-refractivity contribution >= 4 is 0 Å². The lowest BCUT2D eigenvalue weighted by Gasteiger charge is -2.22. The zero-order chi connectivity index (χ0) is 11.1. The zero-order valence-electron chi connectivity index (χ0n) is 9.39. The van der Waals surface area contributed by atoms with Crippen LogP contribution in [0, 0.1) is 0 Å². The molecule has 0 aliphatic carbocycles. The second-order valence-electron chi connectivity index (χ2n) is 4.50. The maximum Gasteiger partial charge on any atom is 0.0632 e. The molecule has 0 aromatic rings. The van der Waals surface area contributed by atoms with Crippen molar-refractivity contribution in [3.63, 3.8) is 0 Å². The van der Waals surface area contributed by atoms with Crippen LogP contribution in [0.4, 0.5) is 0 Å². The summed E-state index contributed by atoms with van der Waals surface area (Å²) in [5.74, 6) is 0. The van der Waals surface area contributed by atoms with Gasteiger partial charge in [0.15, 0.2) is 0 Å². The molecule has 1 saturated heterocycles. The molecule has 5 heteroatoms. The summed E-state index contributed by atoms with van der Waals surface area (Å²) < 4.78 is 0. The first-order valence-corrected chi connectivity index (χ1v) is 5.60. The molecule has 1 rings (SSSR count). The minimum Gasteiger partial charge on any atom is -0.390 e. The maximum absolute atomic E-state index is 9.89. The van der Waals surface area contributed by atoms with Gasteiger partial charge in [0.05, 0.1) is 5.60 Å². The van der Waals surface area contributed by atoms with Crippen molar-refractivity contribution < 1.29 is 5.11 Å². The predicted octanol–water partition coefficient (Wildman–Crippen LogP) is 1.92.